The van der Waals surface area contributed by atoms with Crippen molar-refractivity contribution in [1.82, 2.24) is 5.32 Å². The van der Waals surface area contributed by atoms with E-state index in [2.05, 4.69) is 84.2 Å². The van der Waals surface area contributed by atoms with Crippen molar-refractivity contribution in [3.8, 4) is 39.9 Å². The maximum atomic E-state index is 9.82. The number of phenolic OH excluding ortho intramolecular Hbond substituents is 5. The Bertz CT molecular complexity index is 2890. The SMILES string of the molecule is CCC(NCc1c(O)c(O)c(O)c(O)c1O)c1ccccc1.N=C(N)c1cccc2oc3ccc(-c4ccc5c6ccccc6c6ccccc6c5c4)cc3c12. The molecule has 9 heteroatoms. The normalized spacial score (nSPS) is 11.9. The number of nitrogen functional groups attached to an aromatic ring is 1. The number of amidine groups is 1. The van der Waals surface area contributed by atoms with Gasteiger partial charge in [0.1, 0.15) is 17.0 Å². The van der Waals surface area contributed by atoms with E-state index in [1.165, 1.54) is 32.3 Å². The predicted molar refractivity (Wildman–Crippen MR) is 224 cm³/mol. The summed E-state index contributed by atoms with van der Waals surface area (Å²) in [6, 6.07) is 45.5. The van der Waals surface area contributed by atoms with Crippen LogP contribution in [0.4, 0.5) is 0 Å². The van der Waals surface area contributed by atoms with Gasteiger partial charge in [0, 0.05) is 28.9 Å². The highest BCUT2D eigenvalue weighted by Gasteiger charge is 2.23. The van der Waals surface area contributed by atoms with Gasteiger partial charge in [-0.1, -0.05) is 116 Å². The van der Waals surface area contributed by atoms with Crippen LogP contribution in [0.3, 0.4) is 0 Å². The first-order valence-electron chi connectivity index (χ1n) is 18.3. The maximum Gasteiger partial charge on any atom is 0.208 e. The molecule has 9 aromatic rings. The number of benzene rings is 8. The first-order valence-corrected chi connectivity index (χ1v) is 18.3. The Labute approximate surface area is 321 Å². The second-order valence-electron chi connectivity index (χ2n) is 13.7. The van der Waals surface area contributed by atoms with Crippen molar-refractivity contribution >= 4 is 60.1 Å². The fourth-order valence-electron chi connectivity index (χ4n) is 7.63. The second-order valence-corrected chi connectivity index (χ2v) is 13.7. The fraction of sp³-hybridized carbons (Fsp3) is 0.0851. The second kappa shape index (κ2) is 14.5. The van der Waals surface area contributed by atoms with Crippen molar-refractivity contribution in [2.75, 3.05) is 0 Å². The molecule has 8 aromatic carbocycles. The van der Waals surface area contributed by atoms with E-state index in [1.54, 1.807) is 0 Å². The number of phenols is 5. The molecule has 0 fully saturated rings. The largest absolute Gasteiger partial charge is 0.504 e. The third-order valence-corrected chi connectivity index (χ3v) is 10.5. The average molecular weight is 742 g/mol. The molecule has 0 spiro atoms. The number of rotatable bonds is 7. The zero-order chi connectivity index (χ0) is 39.1. The van der Waals surface area contributed by atoms with Crippen molar-refractivity contribution in [3.63, 3.8) is 0 Å². The Morgan fingerprint density at radius 1 is 0.571 bits per heavy atom. The summed E-state index contributed by atoms with van der Waals surface area (Å²) in [4.78, 5) is 0. The molecule has 1 unspecified atom stereocenters. The maximum absolute atomic E-state index is 9.82. The van der Waals surface area contributed by atoms with Crippen LogP contribution in [0, 0.1) is 5.41 Å². The van der Waals surface area contributed by atoms with Crippen molar-refractivity contribution < 1.29 is 29.9 Å². The van der Waals surface area contributed by atoms with Gasteiger partial charge in [-0.3, -0.25) is 5.41 Å². The molecule has 0 aliphatic carbocycles. The minimum atomic E-state index is -0.950. The first kappa shape index (κ1) is 35.8. The summed E-state index contributed by atoms with van der Waals surface area (Å²) in [6.45, 7) is 1.99. The molecule has 56 heavy (non-hydrogen) atoms. The standard InChI is InChI=1S/C31H20N2O.C16H19NO5/c32-31(33)25-10-5-11-29-30(25)27-17-19(13-15-28(27)34-29)18-12-14-24-22-8-2-1-6-20(22)21-7-3-4-9-23(21)26(24)16-18;1-2-11(9-6-4-3-5-7-9)17-8-10-12(18)14(20)16(22)15(21)13(10)19/h1-17H,(H3,32,33);3-7,11,17-22H,2,8H2,1H3. The van der Waals surface area contributed by atoms with Gasteiger partial charge in [-0.15, -0.1) is 0 Å². The first-order chi connectivity index (χ1) is 27.2. The molecule has 0 aliphatic rings. The van der Waals surface area contributed by atoms with Gasteiger partial charge in [-0.2, -0.15) is 0 Å². The van der Waals surface area contributed by atoms with Crippen LogP contribution in [0.15, 0.2) is 138 Å². The van der Waals surface area contributed by atoms with Crippen LogP contribution in [0.2, 0.25) is 0 Å². The van der Waals surface area contributed by atoms with Crippen molar-refractivity contribution in [1.29, 1.82) is 5.41 Å². The van der Waals surface area contributed by atoms with Gasteiger partial charge in [0.05, 0.1) is 5.56 Å². The number of hydrogen-bond acceptors (Lipinski definition) is 8. The minimum absolute atomic E-state index is 0.00642. The van der Waals surface area contributed by atoms with Crippen molar-refractivity contribution in [3.05, 3.63) is 150 Å². The molecule has 0 amide bonds. The predicted octanol–water partition coefficient (Wildman–Crippen LogP) is 10.5. The molecule has 9 nitrogen and oxygen atoms in total. The number of furan rings is 1. The van der Waals surface area contributed by atoms with Crippen LogP contribution in [0.5, 0.6) is 28.7 Å². The Hall–Kier alpha value is -7.23. The van der Waals surface area contributed by atoms with Crippen molar-refractivity contribution in [2.24, 2.45) is 5.73 Å². The number of fused-ring (bicyclic) bond motifs is 9. The molecule has 0 radical (unpaired) electrons. The van der Waals surface area contributed by atoms with Gasteiger partial charge in [0.25, 0.3) is 0 Å². The van der Waals surface area contributed by atoms with Gasteiger partial charge in [-0.05, 0) is 79.7 Å². The summed E-state index contributed by atoms with van der Waals surface area (Å²) in [5.74, 6) is -3.96. The number of aromatic hydroxyl groups is 5. The summed E-state index contributed by atoms with van der Waals surface area (Å²) >= 11 is 0. The van der Waals surface area contributed by atoms with Gasteiger partial charge in [-0.25, -0.2) is 0 Å². The van der Waals surface area contributed by atoms with E-state index in [1.807, 2.05) is 61.5 Å². The van der Waals surface area contributed by atoms with E-state index >= 15 is 0 Å². The summed E-state index contributed by atoms with van der Waals surface area (Å²) in [6.07, 6.45) is 0.765. The van der Waals surface area contributed by atoms with Crippen LogP contribution in [-0.4, -0.2) is 31.4 Å². The smallest absolute Gasteiger partial charge is 0.208 e. The minimum Gasteiger partial charge on any atom is -0.504 e. The zero-order valence-electron chi connectivity index (χ0n) is 30.4. The molecule has 1 heterocycles. The summed E-state index contributed by atoms with van der Waals surface area (Å²) in [5, 5.41) is 68.6. The number of nitrogens with one attached hydrogen (secondary N) is 2. The summed E-state index contributed by atoms with van der Waals surface area (Å²) in [7, 11) is 0. The van der Waals surface area contributed by atoms with E-state index in [-0.39, 0.29) is 24.0 Å². The zero-order valence-corrected chi connectivity index (χ0v) is 30.4. The quantitative estimate of drug-likeness (QED) is 0.0262. The lowest BCUT2D eigenvalue weighted by Gasteiger charge is -2.19. The third kappa shape index (κ3) is 6.19. The topological polar surface area (TPSA) is 176 Å². The lowest BCUT2D eigenvalue weighted by molar-refractivity contribution is 0.321. The lowest BCUT2D eigenvalue weighted by Crippen LogP contribution is -2.20. The molecule has 0 bridgehead atoms. The van der Waals surface area contributed by atoms with Crippen LogP contribution in [0.25, 0.3) is 65.4 Å². The molecule has 0 saturated heterocycles. The van der Waals surface area contributed by atoms with Crippen LogP contribution >= 0.6 is 0 Å². The molecular weight excluding hydrogens is 703 g/mol. The Kier molecular flexibility index (Phi) is 9.29. The van der Waals surface area contributed by atoms with Crippen LogP contribution < -0.4 is 11.1 Å². The van der Waals surface area contributed by atoms with Crippen molar-refractivity contribution in [2.45, 2.75) is 25.9 Å². The number of hydrogen-bond donors (Lipinski definition) is 8. The van der Waals surface area contributed by atoms with E-state index < -0.39 is 28.7 Å². The van der Waals surface area contributed by atoms with E-state index in [0.717, 1.165) is 45.0 Å². The van der Waals surface area contributed by atoms with Gasteiger partial charge in [0.2, 0.25) is 17.2 Å². The molecule has 0 saturated carbocycles. The highest BCUT2D eigenvalue weighted by molar-refractivity contribution is 6.26. The Morgan fingerprint density at radius 3 is 1.68 bits per heavy atom. The molecule has 1 atom stereocenters. The van der Waals surface area contributed by atoms with Gasteiger partial charge < -0.3 is 41.0 Å². The molecule has 0 aliphatic heterocycles. The van der Waals surface area contributed by atoms with E-state index in [4.69, 9.17) is 15.6 Å². The fourth-order valence-corrected chi connectivity index (χ4v) is 7.63. The molecule has 9 N–H and O–H groups in total. The monoisotopic (exact) mass is 741 g/mol. The van der Waals surface area contributed by atoms with E-state index in [0.29, 0.717) is 5.56 Å². The summed E-state index contributed by atoms with van der Waals surface area (Å²) in [5.41, 5.74) is 11.3. The molecule has 1 aromatic heterocycles. The number of nitrogens with two attached hydrogens (primary N) is 1. The summed E-state index contributed by atoms with van der Waals surface area (Å²) < 4.78 is 6.06. The Balaban J connectivity index is 0.000000175. The average Bonchev–Trinajstić information content (AvgIpc) is 3.62. The third-order valence-electron chi connectivity index (χ3n) is 10.5. The highest BCUT2D eigenvalue weighted by Crippen LogP contribution is 2.50. The molecular formula is C47H39N3O6. The van der Waals surface area contributed by atoms with Gasteiger partial charge in [0.15, 0.2) is 11.5 Å². The highest BCUT2D eigenvalue weighted by atomic mass is 16.4. The van der Waals surface area contributed by atoms with Gasteiger partial charge >= 0.3 is 0 Å². The van der Waals surface area contributed by atoms with Crippen LogP contribution in [0.1, 0.15) is 36.1 Å². The van der Waals surface area contributed by atoms with Crippen LogP contribution in [-0.2, 0) is 6.54 Å². The molecule has 278 valence electrons. The molecule has 9 rings (SSSR count). The van der Waals surface area contributed by atoms with E-state index in [9.17, 15) is 25.5 Å². The lowest BCUT2D eigenvalue weighted by atomic mass is 9.92. The Morgan fingerprint density at radius 2 is 1.09 bits per heavy atom.